The van der Waals surface area contributed by atoms with E-state index in [2.05, 4.69) is 26.6 Å². The monoisotopic (exact) mass is 425 g/mol. The van der Waals surface area contributed by atoms with Gasteiger partial charge in [0.1, 0.15) is 0 Å². The minimum absolute atomic E-state index is 0.0751. The van der Waals surface area contributed by atoms with E-state index in [-0.39, 0.29) is 17.3 Å². The Kier molecular flexibility index (Phi) is 6.21. The number of rotatable bonds is 6. The zero-order valence-corrected chi connectivity index (χ0v) is 16.6. The van der Waals surface area contributed by atoms with Crippen LogP contribution in [0.25, 0.3) is 0 Å². The standard InChI is InChI=1S/C17H20BrN3O3S/c1-12-9-13(7-8-16(12)18)19-11-17(22)20-14-5-4-6-15(10-14)25(23,24)21(2)3/h4-10,19H,11H2,1-3H3,(H,20,22). The van der Waals surface area contributed by atoms with Gasteiger partial charge in [-0.25, -0.2) is 12.7 Å². The molecule has 1 amide bonds. The minimum Gasteiger partial charge on any atom is -0.376 e. The van der Waals surface area contributed by atoms with Crippen LogP contribution in [0.1, 0.15) is 5.56 Å². The van der Waals surface area contributed by atoms with Crippen molar-refractivity contribution >= 4 is 43.2 Å². The average molecular weight is 426 g/mol. The van der Waals surface area contributed by atoms with Crippen molar-refractivity contribution in [1.82, 2.24) is 4.31 Å². The van der Waals surface area contributed by atoms with Crippen LogP contribution in [0.5, 0.6) is 0 Å². The summed E-state index contributed by atoms with van der Waals surface area (Å²) in [6.45, 7) is 2.04. The highest BCUT2D eigenvalue weighted by molar-refractivity contribution is 9.10. The summed E-state index contributed by atoms with van der Waals surface area (Å²) in [5, 5.41) is 5.73. The Balaban J connectivity index is 2.02. The van der Waals surface area contributed by atoms with E-state index >= 15 is 0 Å². The highest BCUT2D eigenvalue weighted by atomic mass is 79.9. The van der Waals surface area contributed by atoms with Crippen LogP contribution in [0.3, 0.4) is 0 Å². The molecule has 2 N–H and O–H groups in total. The largest absolute Gasteiger partial charge is 0.376 e. The molecule has 0 radical (unpaired) electrons. The number of nitrogens with zero attached hydrogens (tertiary/aromatic N) is 1. The zero-order valence-electron chi connectivity index (χ0n) is 14.2. The van der Waals surface area contributed by atoms with E-state index in [0.29, 0.717) is 5.69 Å². The smallest absolute Gasteiger partial charge is 0.243 e. The molecule has 0 heterocycles. The summed E-state index contributed by atoms with van der Waals surface area (Å²) in [6, 6.07) is 11.9. The van der Waals surface area contributed by atoms with Crippen LogP contribution in [0.4, 0.5) is 11.4 Å². The first-order valence-electron chi connectivity index (χ1n) is 7.52. The van der Waals surface area contributed by atoms with E-state index in [0.717, 1.165) is 20.0 Å². The lowest BCUT2D eigenvalue weighted by Gasteiger charge is -2.13. The van der Waals surface area contributed by atoms with Crippen LogP contribution in [-0.4, -0.2) is 39.3 Å². The molecule has 0 aliphatic carbocycles. The van der Waals surface area contributed by atoms with Gasteiger partial charge in [0.05, 0.1) is 11.4 Å². The lowest BCUT2D eigenvalue weighted by Crippen LogP contribution is -2.23. The number of nitrogens with one attached hydrogen (secondary N) is 2. The van der Waals surface area contributed by atoms with Crippen LogP contribution in [0.15, 0.2) is 51.8 Å². The van der Waals surface area contributed by atoms with Crippen molar-refractivity contribution in [2.24, 2.45) is 0 Å². The Hall–Kier alpha value is -1.90. The van der Waals surface area contributed by atoms with Crippen molar-refractivity contribution in [2.75, 3.05) is 31.3 Å². The predicted octanol–water partition coefficient (Wildman–Crippen LogP) is 3.06. The van der Waals surface area contributed by atoms with E-state index < -0.39 is 10.0 Å². The van der Waals surface area contributed by atoms with Crippen LogP contribution < -0.4 is 10.6 Å². The summed E-state index contributed by atoms with van der Waals surface area (Å²) in [4.78, 5) is 12.2. The van der Waals surface area contributed by atoms with Gasteiger partial charge in [-0.3, -0.25) is 4.79 Å². The van der Waals surface area contributed by atoms with Gasteiger partial charge in [0, 0.05) is 29.9 Å². The second kappa shape index (κ2) is 7.99. The first-order valence-corrected chi connectivity index (χ1v) is 9.76. The maximum absolute atomic E-state index is 12.1. The Morgan fingerprint density at radius 1 is 1.12 bits per heavy atom. The highest BCUT2D eigenvalue weighted by Gasteiger charge is 2.17. The first kappa shape index (κ1) is 19.4. The highest BCUT2D eigenvalue weighted by Crippen LogP contribution is 2.20. The number of benzene rings is 2. The minimum atomic E-state index is -3.54. The number of aryl methyl sites for hydroxylation is 1. The summed E-state index contributed by atoms with van der Waals surface area (Å²) in [6.07, 6.45) is 0. The molecule has 0 bridgehead atoms. The second-order valence-corrected chi connectivity index (χ2v) is 8.69. The zero-order chi connectivity index (χ0) is 18.6. The summed E-state index contributed by atoms with van der Waals surface area (Å²) >= 11 is 3.43. The molecule has 2 rings (SSSR count). The Morgan fingerprint density at radius 2 is 1.84 bits per heavy atom. The van der Waals surface area contributed by atoms with Gasteiger partial charge >= 0.3 is 0 Å². The molecule has 0 saturated carbocycles. The fraction of sp³-hybridized carbons (Fsp3) is 0.235. The quantitative estimate of drug-likeness (QED) is 0.745. The number of hydrogen-bond acceptors (Lipinski definition) is 4. The summed E-state index contributed by atoms with van der Waals surface area (Å²) in [5.41, 5.74) is 2.33. The fourth-order valence-corrected chi connectivity index (χ4v) is 3.28. The molecule has 0 aliphatic rings. The number of sulfonamides is 1. The van der Waals surface area contributed by atoms with Crippen LogP contribution in [0, 0.1) is 6.92 Å². The SMILES string of the molecule is Cc1cc(NCC(=O)Nc2cccc(S(=O)(=O)N(C)C)c2)ccc1Br. The number of amides is 1. The number of halogens is 1. The molecule has 134 valence electrons. The molecule has 25 heavy (non-hydrogen) atoms. The van der Waals surface area contributed by atoms with Crippen LogP contribution >= 0.6 is 15.9 Å². The molecule has 2 aromatic rings. The van der Waals surface area contributed by atoms with Crippen molar-refractivity contribution in [1.29, 1.82) is 0 Å². The van der Waals surface area contributed by atoms with Gasteiger partial charge in [-0.1, -0.05) is 22.0 Å². The Morgan fingerprint density at radius 3 is 2.48 bits per heavy atom. The Labute approximate surface area is 156 Å². The molecule has 0 aliphatic heterocycles. The van der Waals surface area contributed by atoms with Crippen LogP contribution in [-0.2, 0) is 14.8 Å². The third-order valence-electron chi connectivity index (χ3n) is 3.51. The van der Waals surface area contributed by atoms with E-state index in [1.807, 2.05) is 25.1 Å². The lowest BCUT2D eigenvalue weighted by atomic mass is 10.2. The van der Waals surface area contributed by atoms with Crippen molar-refractivity contribution in [3.63, 3.8) is 0 Å². The summed E-state index contributed by atoms with van der Waals surface area (Å²) in [5.74, 6) is -0.264. The van der Waals surface area contributed by atoms with Gasteiger partial charge in [-0.2, -0.15) is 0 Å². The molecule has 6 nitrogen and oxygen atoms in total. The average Bonchev–Trinajstić information content (AvgIpc) is 2.56. The molecular weight excluding hydrogens is 406 g/mol. The molecule has 0 aromatic heterocycles. The third kappa shape index (κ3) is 5.04. The molecule has 0 saturated heterocycles. The number of anilines is 2. The van der Waals surface area contributed by atoms with Gasteiger partial charge in [0.15, 0.2) is 0 Å². The fourth-order valence-electron chi connectivity index (χ4n) is 2.09. The predicted molar refractivity (Wildman–Crippen MR) is 103 cm³/mol. The molecule has 0 fully saturated rings. The van der Waals surface area contributed by atoms with Gasteiger partial charge in [-0.05, 0) is 48.9 Å². The van der Waals surface area contributed by atoms with Crippen LogP contribution in [0.2, 0.25) is 0 Å². The van der Waals surface area contributed by atoms with E-state index in [1.54, 1.807) is 12.1 Å². The van der Waals surface area contributed by atoms with E-state index in [9.17, 15) is 13.2 Å². The van der Waals surface area contributed by atoms with Gasteiger partial charge in [-0.15, -0.1) is 0 Å². The summed E-state index contributed by atoms with van der Waals surface area (Å²) in [7, 11) is -0.611. The molecule has 0 spiro atoms. The number of carbonyl (C=O) groups is 1. The molecule has 8 heteroatoms. The van der Waals surface area contributed by atoms with Crippen molar-refractivity contribution in [3.05, 3.63) is 52.5 Å². The maximum Gasteiger partial charge on any atom is 0.243 e. The van der Waals surface area contributed by atoms with Gasteiger partial charge < -0.3 is 10.6 Å². The normalized spacial score (nSPS) is 11.4. The number of hydrogen-bond donors (Lipinski definition) is 2. The van der Waals surface area contributed by atoms with E-state index in [4.69, 9.17) is 0 Å². The first-order chi connectivity index (χ1) is 11.7. The Bertz CT molecular complexity index is 882. The molecule has 0 unspecified atom stereocenters. The van der Waals surface area contributed by atoms with Crippen molar-refractivity contribution in [3.8, 4) is 0 Å². The maximum atomic E-state index is 12.1. The molecule has 0 atom stereocenters. The third-order valence-corrected chi connectivity index (χ3v) is 6.21. The lowest BCUT2D eigenvalue weighted by molar-refractivity contribution is -0.114. The molecular formula is C17H20BrN3O3S. The van der Waals surface area contributed by atoms with Crippen molar-refractivity contribution in [2.45, 2.75) is 11.8 Å². The van der Waals surface area contributed by atoms with Gasteiger partial charge in [0.2, 0.25) is 15.9 Å². The number of carbonyl (C=O) groups excluding carboxylic acids is 1. The topological polar surface area (TPSA) is 78.5 Å². The van der Waals surface area contributed by atoms with Gasteiger partial charge in [0.25, 0.3) is 0 Å². The van der Waals surface area contributed by atoms with E-state index in [1.165, 1.54) is 26.2 Å². The molecule has 2 aromatic carbocycles. The second-order valence-electron chi connectivity index (χ2n) is 5.68. The van der Waals surface area contributed by atoms with Crippen molar-refractivity contribution < 1.29 is 13.2 Å². The summed E-state index contributed by atoms with van der Waals surface area (Å²) < 4.78 is 26.4.